The molecule has 0 aliphatic heterocycles. The highest BCUT2D eigenvalue weighted by molar-refractivity contribution is 7.91. The average molecular weight is 410 g/mol. The second-order valence-corrected chi connectivity index (χ2v) is 9.60. The summed E-state index contributed by atoms with van der Waals surface area (Å²) in [6.07, 6.45) is 2.80. The number of aromatic nitrogens is 1. The summed E-state index contributed by atoms with van der Waals surface area (Å²) in [4.78, 5) is 16.2. The maximum atomic E-state index is 12.0. The third-order valence-electron chi connectivity index (χ3n) is 4.76. The van der Waals surface area contributed by atoms with Crippen LogP contribution in [-0.4, -0.2) is 48.5 Å². The normalized spacial score (nSPS) is 16.8. The number of nitrogens with one attached hydrogen (secondary N) is 1. The Bertz CT molecular complexity index is 874. The van der Waals surface area contributed by atoms with Gasteiger partial charge in [0.15, 0.2) is 15.4 Å². The van der Waals surface area contributed by atoms with Gasteiger partial charge in [-0.05, 0) is 50.2 Å². The van der Waals surface area contributed by atoms with E-state index in [0.717, 1.165) is 12.8 Å². The van der Waals surface area contributed by atoms with Crippen LogP contribution in [0.4, 0.5) is 0 Å². The van der Waals surface area contributed by atoms with Crippen LogP contribution in [-0.2, 0) is 14.6 Å². The molecule has 1 heterocycles. The van der Waals surface area contributed by atoms with E-state index in [0.29, 0.717) is 36.9 Å². The van der Waals surface area contributed by atoms with E-state index < -0.39 is 27.9 Å². The zero-order valence-electron chi connectivity index (χ0n) is 15.7. The van der Waals surface area contributed by atoms with Gasteiger partial charge in [0.05, 0.1) is 17.5 Å². The minimum Gasteiger partial charge on any atom is -0.438 e. The molecule has 8 nitrogen and oxygen atoms in total. The zero-order chi connectivity index (χ0) is 20.1. The molecule has 0 radical (unpaired) electrons. The van der Waals surface area contributed by atoms with Gasteiger partial charge in [-0.25, -0.2) is 13.4 Å². The van der Waals surface area contributed by atoms with Crippen molar-refractivity contribution in [3.8, 4) is 0 Å². The number of para-hydroxylation sites is 2. The van der Waals surface area contributed by atoms with Crippen molar-refractivity contribution in [1.82, 2.24) is 10.3 Å². The molecule has 1 aromatic carbocycles. The minimum absolute atomic E-state index is 0.127. The number of oxazole rings is 1. The van der Waals surface area contributed by atoms with E-state index in [2.05, 4.69) is 10.3 Å². The fourth-order valence-corrected chi connectivity index (χ4v) is 4.91. The number of aliphatic hydroxyl groups excluding tert-OH is 1. The summed E-state index contributed by atoms with van der Waals surface area (Å²) >= 11 is 0. The summed E-state index contributed by atoms with van der Waals surface area (Å²) in [5.41, 5.74) is 7.06. The number of amides is 1. The van der Waals surface area contributed by atoms with E-state index in [4.69, 9.17) is 10.2 Å². The topological polar surface area (TPSA) is 136 Å². The molecule has 0 bridgehead atoms. The van der Waals surface area contributed by atoms with Crippen LogP contribution in [0.25, 0.3) is 11.1 Å². The van der Waals surface area contributed by atoms with Gasteiger partial charge in [0.1, 0.15) is 11.6 Å². The molecule has 1 aromatic heterocycles. The number of fused-ring (bicyclic) bond motifs is 1. The molecular formula is C19H27N3O5S. The number of aliphatic hydroxyl groups is 1. The van der Waals surface area contributed by atoms with Crippen LogP contribution in [0.5, 0.6) is 0 Å². The Labute approximate surface area is 164 Å². The lowest BCUT2D eigenvalue weighted by Crippen LogP contribution is -2.45. The first kappa shape index (κ1) is 20.8. The number of hydrogen-bond donors (Lipinski definition) is 3. The van der Waals surface area contributed by atoms with Crippen molar-refractivity contribution in [1.29, 1.82) is 0 Å². The largest absolute Gasteiger partial charge is 0.438 e. The predicted octanol–water partition coefficient (Wildman–Crippen LogP) is 1.30. The lowest BCUT2D eigenvalue weighted by atomic mass is 10.1. The first-order valence-corrected chi connectivity index (χ1v) is 11.4. The summed E-state index contributed by atoms with van der Waals surface area (Å²) in [7, 11) is -3.29. The van der Waals surface area contributed by atoms with Crippen molar-refractivity contribution < 1.29 is 22.7 Å². The van der Waals surface area contributed by atoms with Gasteiger partial charge >= 0.3 is 0 Å². The van der Waals surface area contributed by atoms with E-state index in [-0.39, 0.29) is 23.3 Å². The van der Waals surface area contributed by atoms with Gasteiger partial charge in [-0.1, -0.05) is 12.1 Å². The van der Waals surface area contributed by atoms with E-state index >= 15 is 0 Å². The average Bonchev–Trinajstić information content (AvgIpc) is 3.33. The quantitative estimate of drug-likeness (QED) is 0.476. The minimum atomic E-state index is -3.29. The molecule has 4 N–H and O–H groups in total. The molecule has 1 aliphatic carbocycles. The highest BCUT2D eigenvalue weighted by Crippen LogP contribution is 2.30. The second kappa shape index (κ2) is 9.02. The smallest absolute Gasteiger partial charge is 0.237 e. The molecule has 154 valence electrons. The van der Waals surface area contributed by atoms with Crippen molar-refractivity contribution in [2.45, 2.75) is 44.2 Å². The summed E-state index contributed by atoms with van der Waals surface area (Å²) in [6.45, 7) is 0.371. The molecule has 3 rings (SSSR count). The fourth-order valence-electron chi connectivity index (χ4n) is 3.02. The van der Waals surface area contributed by atoms with Crippen molar-refractivity contribution in [2.75, 3.05) is 18.1 Å². The Balaban J connectivity index is 1.33. The van der Waals surface area contributed by atoms with E-state index in [9.17, 15) is 18.3 Å². The van der Waals surface area contributed by atoms with Crippen molar-refractivity contribution >= 4 is 26.8 Å². The lowest BCUT2D eigenvalue weighted by molar-refractivity contribution is -0.121. The summed E-state index contributed by atoms with van der Waals surface area (Å²) < 4.78 is 29.4. The van der Waals surface area contributed by atoms with Crippen molar-refractivity contribution in [3.05, 3.63) is 30.2 Å². The zero-order valence-corrected chi connectivity index (χ0v) is 16.5. The first-order chi connectivity index (χ1) is 13.3. The Morgan fingerprint density at radius 2 is 2.07 bits per heavy atom. The summed E-state index contributed by atoms with van der Waals surface area (Å²) in [5.74, 6) is -0.118. The van der Waals surface area contributed by atoms with E-state index in [1.807, 2.05) is 18.2 Å². The van der Waals surface area contributed by atoms with Crippen LogP contribution in [0.2, 0.25) is 0 Å². The van der Waals surface area contributed by atoms with Gasteiger partial charge in [0.25, 0.3) is 0 Å². The van der Waals surface area contributed by atoms with Gasteiger partial charge in [0.2, 0.25) is 11.8 Å². The number of sulfone groups is 1. The highest BCUT2D eigenvalue weighted by Gasteiger charge is 2.30. The summed E-state index contributed by atoms with van der Waals surface area (Å²) in [5, 5.41) is 12.9. The molecular weight excluding hydrogens is 382 g/mol. The van der Waals surface area contributed by atoms with Crippen LogP contribution in [0.15, 0.2) is 28.7 Å². The molecule has 0 unspecified atom stereocenters. The number of nitrogens with zero attached hydrogens (tertiary/aromatic N) is 1. The Kier molecular flexibility index (Phi) is 6.69. The third kappa shape index (κ3) is 6.02. The Morgan fingerprint density at radius 3 is 2.79 bits per heavy atom. The van der Waals surface area contributed by atoms with Gasteiger partial charge < -0.3 is 20.6 Å². The van der Waals surface area contributed by atoms with Crippen LogP contribution in [0, 0.1) is 5.92 Å². The van der Waals surface area contributed by atoms with Gasteiger partial charge in [-0.15, -0.1) is 0 Å². The van der Waals surface area contributed by atoms with Crippen LogP contribution >= 0.6 is 0 Å². The number of carbonyl (C=O) groups excluding carboxylic acids is 1. The molecule has 2 atom stereocenters. The fraction of sp³-hybridized carbons (Fsp3) is 0.579. The van der Waals surface area contributed by atoms with E-state index in [1.165, 1.54) is 0 Å². The molecule has 1 amide bonds. The van der Waals surface area contributed by atoms with Crippen LogP contribution in [0.3, 0.4) is 0 Å². The van der Waals surface area contributed by atoms with Crippen molar-refractivity contribution in [2.24, 2.45) is 11.7 Å². The number of unbranched alkanes of at least 4 members (excludes halogenated alkanes) is 1. The number of carbonyl (C=O) groups is 1. The van der Waals surface area contributed by atoms with Gasteiger partial charge in [-0.3, -0.25) is 4.79 Å². The number of rotatable bonds is 11. The standard InChI is InChI=1S/C19H27N3O5S/c20-14(12-28(25,26)11-13-8-9-13)18(24)21-10-4-3-6-16(23)19-22-15-5-1-2-7-17(15)27-19/h1-2,5,7,13-14,16,23H,3-4,6,8-12,20H2,(H,21,24)/t14-,16-/m0/s1. The molecule has 1 fully saturated rings. The van der Waals surface area contributed by atoms with Crippen LogP contribution in [0.1, 0.15) is 44.1 Å². The molecule has 9 heteroatoms. The lowest BCUT2D eigenvalue weighted by Gasteiger charge is -2.13. The SMILES string of the molecule is N[C@@H](CS(=O)(=O)CC1CC1)C(=O)NCCCC[C@H](O)c1nc2ccccc2o1. The van der Waals surface area contributed by atoms with Crippen LogP contribution < -0.4 is 11.1 Å². The maximum absolute atomic E-state index is 12.0. The molecule has 0 spiro atoms. The molecule has 0 saturated heterocycles. The Morgan fingerprint density at radius 1 is 1.32 bits per heavy atom. The van der Waals surface area contributed by atoms with Crippen molar-refractivity contribution in [3.63, 3.8) is 0 Å². The third-order valence-corrected chi connectivity index (χ3v) is 6.60. The molecule has 28 heavy (non-hydrogen) atoms. The van der Waals surface area contributed by atoms with E-state index in [1.54, 1.807) is 6.07 Å². The monoisotopic (exact) mass is 409 g/mol. The number of benzene rings is 1. The maximum Gasteiger partial charge on any atom is 0.237 e. The summed E-state index contributed by atoms with van der Waals surface area (Å²) in [6, 6.07) is 6.26. The highest BCUT2D eigenvalue weighted by atomic mass is 32.2. The molecule has 1 aliphatic rings. The molecule has 1 saturated carbocycles. The predicted molar refractivity (Wildman–Crippen MR) is 105 cm³/mol. The number of hydrogen-bond acceptors (Lipinski definition) is 7. The number of nitrogens with two attached hydrogens (primary N) is 1. The van der Waals surface area contributed by atoms with Gasteiger partial charge in [-0.2, -0.15) is 0 Å². The molecule has 2 aromatic rings. The second-order valence-electron chi connectivity index (χ2n) is 7.45. The first-order valence-electron chi connectivity index (χ1n) is 9.61. The Hall–Kier alpha value is -1.97. The van der Waals surface area contributed by atoms with Gasteiger partial charge in [0, 0.05) is 6.54 Å².